The second-order valence-electron chi connectivity index (χ2n) is 4.80. The third kappa shape index (κ3) is 2.62. The van der Waals surface area contributed by atoms with Crippen molar-refractivity contribution in [3.8, 4) is 0 Å². The van der Waals surface area contributed by atoms with Crippen molar-refractivity contribution < 1.29 is 4.39 Å². The summed E-state index contributed by atoms with van der Waals surface area (Å²) >= 11 is 0. The van der Waals surface area contributed by atoms with Crippen molar-refractivity contribution in [2.45, 2.75) is 45.2 Å². The van der Waals surface area contributed by atoms with Crippen molar-refractivity contribution in [1.82, 2.24) is 5.32 Å². The van der Waals surface area contributed by atoms with Crippen LogP contribution in [0, 0.1) is 11.7 Å². The normalized spacial score (nSPS) is 25.4. The minimum atomic E-state index is -0.102. The molecule has 1 N–H and O–H groups in total. The summed E-state index contributed by atoms with van der Waals surface area (Å²) in [6.07, 6.45) is 3.80. The quantitative estimate of drug-likeness (QED) is 0.800. The second kappa shape index (κ2) is 4.96. The molecule has 3 unspecified atom stereocenters. The van der Waals surface area contributed by atoms with E-state index in [4.69, 9.17) is 0 Å². The molecular weight excluding hydrogens is 201 g/mol. The summed E-state index contributed by atoms with van der Waals surface area (Å²) in [6.45, 7) is 4.26. The molecule has 0 aliphatic heterocycles. The maximum atomic E-state index is 13.5. The van der Waals surface area contributed by atoms with Crippen LogP contribution in [0.4, 0.5) is 4.39 Å². The topological polar surface area (TPSA) is 12.0 Å². The first-order valence-corrected chi connectivity index (χ1v) is 6.22. The largest absolute Gasteiger partial charge is 0.307 e. The summed E-state index contributed by atoms with van der Waals surface area (Å²) in [7, 11) is 0. The molecule has 1 aliphatic rings. The van der Waals surface area contributed by atoms with E-state index < -0.39 is 0 Å². The third-order valence-electron chi connectivity index (χ3n) is 3.42. The van der Waals surface area contributed by atoms with E-state index in [-0.39, 0.29) is 11.9 Å². The van der Waals surface area contributed by atoms with E-state index in [1.54, 1.807) is 6.07 Å². The molecule has 88 valence electrons. The van der Waals surface area contributed by atoms with Crippen LogP contribution >= 0.6 is 0 Å². The van der Waals surface area contributed by atoms with Gasteiger partial charge in [0.15, 0.2) is 0 Å². The first kappa shape index (κ1) is 11.6. The number of benzene rings is 1. The fourth-order valence-electron chi connectivity index (χ4n) is 2.38. The van der Waals surface area contributed by atoms with Gasteiger partial charge in [0.25, 0.3) is 0 Å². The molecule has 0 amide bonds. The highest BCUT2D eigenvalue weighted by molar-refractivity contribution is 5.21. The van der Waals surface area contributed by atoms with Gasteiger partial charge in [-0.05, 0) is 31.7 Å². The summed E-state index contributed by atoms with van der Waals surface area (Å²) in [6, 6.07) is 7.76. The van der Waals surface area contributed by atoms with E-state index >= 15 is 0 Å². The molecule has 1 nitrogen and oxygen atoms in total. The van der Waals surface area contributed by atoms with Gasteiger partial charge in [-0.15, -0.1) is 0 Å². The highest BCUT2D eigenvalue weighted by atomic mass is 19.1. The van der Waals surface area contributed by atoms with Crippen LogP contribution in [0.2, 0.25) is 0 Å². The fourth-order valence-corrected chi connectivity index (χ4v) is 2.38. The summed E-state index contributed by atoms with van der Waals surface area (Å²) in [5.41, 5.74) is 0.782. The number of rotatable bonds is 5. The first-order chi connectivity index (χ1) is 7.72. The van der Waals surface area contributed by atoms with Crippen LogP contribution in [0.1, 0.15) is 44.7 Å². The van der Waals surface area contributed by atoms with E-state index in [1.165, 1.54) is 25.3 Å². The van der Waals surface area contributed by atoms with Gasteiger partial charge in [0.1, 0.15) is 5.82 Å². The molecule has 0 heterocycles. The van der Waals surface area contributed by atoms with Gasteiger partial charge in [-0.3, -0.25) is 0 Å². The lowest BCUT2D eigenvalue weighted by Gasteiger charge is -2.14. The second-order valence-corrected chi connectivity index (χ2v) is 4.80. The van der Waals surface area contributed by atoms with Crippen molar-refractivity contribution in [2.75, 3.05) is 0 Å². The molecule has 0 saturated heterocycles. The molecule has 2 heteroatoms. The zero-order valence-corrected chi connectivity index (χ0v) is 10.0. The van der Waals surface area contributed by atoms with Crippen LogP contribution in [0.15, 0.2) is 24.3 Å². The highest BCUT2D eigenvalue weighted by Gasteiger charge is 2.36. The van der Waals surface area contributed by atoms with Crippen LogP contribution < -0.4 is 5.32 Å². The summed E-state index contributed by atoms with van der Waals surface area (Å²) in [5, 5.41) is 3.51. The summed E-state index contributed by atoms with van der Waals surface area (Å²) < 4.78 is 13.5. The van der Waals surface area contributed by atoms with Gasteiger partial charge in [-0.2, -0.15) is 0 Å². The number of hydrogen-bond acceptors (Lipinski definition) is 1. The SMILES string of the molecule is CCCC1CC1NC(C)c1ccccc1F. The Balaban J connectivity index is 1.90. The third-order valence-corrected chi connectivity index (χ3v) is 3.42. The lowest BCUT2D eigenvalue weighted by atomic mass is 10.1. The number of nitrogens with one attached hydrogen (secondary N) is 1. The van der Waals surface area contributed by atoms with Crippen LogP contribution in [0.5, 0.6) is 0 Å². The van der Waals surface area contributed by atoms with E-state index in [0.29, 0.717) is 6.04 Å². The van der Waals surface area contributed by atoms with Crippen molar-refractivity contribution in [3.05, 3.63) is 35.6 Å². The fraction of sp³-hybridized carbons (Fsp3) is 0.571. The molecule has 0 bridgehead atoms. The molecule has 1 aromatic rings. The predicted octanol–water partition coefficient (Wildman–Crippen LogP) is 3.66. The molecule has 3 atom stereocenters. The van der Waals surface area contributed by atoms with E-state index in [9.17, 15) is 4.39 Å². The van der Waals surface area contributed by atoms with Crippen molar-refractivity contribution in [3.63, 3.8) is 0 Å². The average molecular weight is 221 g/mol. The molecule has 0 spiro atoms. The van der Waals surface area contributed by atoms with Crippen LogP contribution in [-0.4, -0.2) is 6.04 Å². The highest BCUT2D eigenvalue weighted by Crippen LogP contribution is 2.36. The maximum Gasteiger partial charge on any atom is 0.127 e. The smallest absolute Gasteiger partial charge is 0.127 e. The van der Waals surface area contributed by atoms with Gasteiger partial charge in [0, 0.05) is 17.6 Å². The van der Waals surface area contributed by atoms with Gasteiger partial charge < -0.3 is 5.32 Å². The Morgan fingerprint density at radius 2 is 2.19 bits per heavy atom. The van der Waals surface area contributed by atoms with Crippen molar-refractivity contribution >= 4 is 0 Å². The molecule has 16 heavy (non-hydrogen) atoms. The monoisotopic (exact) mass is 221 g/mol. The van der Waals surface area contributed by atoms with Gasteiger partial charge in [0.05, 0.1) is 0 Å². The Morgan fingerprint density at radius 1 is 1.44 bits per heavy atom. The zero-order valence-electron chi connectivity index (χ0n) is 10.0. The van der Waals surface area contributed by atoms with Gasteiger partial charge in [-0.1, -0.05) is 31.5 Å². The predicted molar refractivity (Wildman–Crippen MR) is 64.8 cm³/mol. The standard InChI is InChI=1S/C14H20FN/c1-3-6-11-9-14(11)16-10(2)12-7-4-5-8-13(12)15/h4-5,7-8,10-11,14,16H,3,6,9H2,1-2H3. The Hall–Kier alpha value is -0.890. The Morgan fingerprint density at radius 3 is 2.88 bits per heavy atom. The van der Waals surface area contributed by atoms with E-state index in [2.05, 4.69) is 12.2 Å². The Bertz CT molecular complexity index is 350. The minimum Gasteiger partial charge on any atom is -0.307 e. The summed E-state index contributed by atoms with van der Waals surface area (Å²) in [4.78, 5) is 0. The van der Waals surface area contributed by atoms with Gasteiger partial charge in [0.2, 0.25) is 0 Å². The van der Waals surface area contributed by atoms with Crippen molar-refractivity contribution in [2.24, 2.45) is 5.92 Å². The lowest BCUT2D eigenvalue weighted by molar-refractivity contribution is 0.503. The number of hydrogen-bond donors (Lipinski definition) is 1. The zero-order chi connectivity index (χ0) is 11.5. The number of halogens is 1. The van der Waals surface area contributed by atoms with E-state index in [0.717, 1.165) is 11.5 Å². The van der Waals surface area contributed by atoms with E-state index in [1.807, 2.05) is 19.1 Å². The molecule has 1 saturated carbocycles. The molecule has 0 radical (unpaired) electrons. The molecule has 2 rings (SSSR count). The molecule has 1 aromatic carbocycles. The average Bonchev–Trinajstić information content (AvgIpc) is 2.97. The van der Waals surface area contributed by atoms with Crippen LogP contribution in [-0.2, 0) is 0 Å². The molecule has 1 aliphatic carbocycles. The molecular formula is C14H20FN. The first-order valence-electron chi connectivity index (χ1n) is 6.22. The Labute approximate surface area is 97.1 Å². The van der Waals surface area contributed by atoms with Crippen LogP contribution in [0.3, 0.4) is 0 Å². The summed E-state index contributed by atoms with van der Waals surface area (Å²) in [5.74, 6) is 0.717. The van der Waals surface area contributed by atoms with Gasteiger partial charge >= 0.3 is 0 Å². The Kier molecular flexibility index (Phi) is 3.59. The van der Waals surface area contributed by atoms with Crippen molar-refractivity contribution in [1.29, 1.82) is 0 Å². The minimum absolute atomic E-state index is 0.102. The maximum absolute atomic E-state index is 13.5. The lowest BCUT2D eigenvalue weighted by Crippen LogP contribution is -2.23. The molecule has 0 aromatic heterocycles. The van der Waals surface area contributed by atoms with Crippen LogP contribution in [0.25, 0.3) is 0 Å². The van der Waals surface area contributed by atoms with Gasteiger partial charge in [-0.25, -0.2) is 4.39 Å². The molecule has 1 fully saturated rings.